The van der Waals surface area contributed by atoms with Crippen molar-refractivity contribution < 1.29 is 18.0 Å². The first-order chi connectivity index (χ1) is 9.29. The fourth-order valence-electron chi connectivity index (χ4n) is 1.60. The van der Waals surface area contributed by atoms with E-state index >= 15 is 0 Å². The molecule has 0 aliphatic carbocycles. The minimum atomic E-state index is -4.43. The highest BCUT2D eigenvalue weighted by Gasteiger charge is 2.30. The van der Waals surface area contributed by atoms with Gasteiger partial charge in [-0.1, -0.05) is 0 Å². The van der Waals surface area contributed by atoms with Crippen LogP contribution in [-0.4, -0.2) is 15.7 Å². The van der Waals surface area contributed by atoms with Crippen molar-refractivity contribution >= 4 is 17.4 Å². The maximum absolute atomic E-state index is 12.4. The van der Waals surface area contributed by atoms with Gasteiger partial charge in [0.25, 0.3) is 5.91 Å². The van der Waals surface area contributed by atoms with Crippen LogP contribution < -0.4 is 11.1 Å². The third kappa shape index (κ3) is 2.73. The molecule has 0 unspecified atom stereocenters. The molecule has 0 aliphatic rings. The SMILES string of the molecule is Cn1ncc(N)c1NC(=O)c1ccc(C(F)(F)F)cc1. The van der Waals surface area contributed by atoms with Crippen LogP contribution in [0.5, 0.6) is 0 Å². The zero-order chi connectivity index (χ0) is 14.9. The van der Waals surface area contributed by atoms with Crippen LogP contribution >= 0.6 is 0 Å². The van der Waals surface area contributed by atoms with Crippen molar-refractivity contribution in [2.75, 3.05) is 11.1 Å². The van der Waals surface area contributed by atoms with Crippen molar-refractivity contribution in [3.05, 3.63) is 41.6 Å². The van der Waals surface area contributed by atoms with E-state index in [0.29, 0.717) is 0 Å². The summed E-state index contributed by atoms with van der Waals surface area (Å²) in [4.78, 5) is 11.9. The van der Waals surface area contributed by atoms with Gasteiger partial charge in [-0.3, -0.25) is 9.48 Å². The number of benzene rings is 1. The second-order valence-corrected chi connectivity index (χ2v) is 4.10. The Morgan fingerprint density at radius 2 is 1.90 bits per heavy atom. The molecule has 0 radical (unpaired) electrons. The van der Waals surface area contributed by atoms with Gasteiger partial charge < -0.3 is 11.1 Å². The van der Waals surface area contributed by atoms with E-state index in [4.69, 9.17) is 5.73 Å². The van der Waals surface area contributed by atoms with Crippen molar-refractivity contribution in [3.63, 3.8) is 0 Å². The van der Waals surface area contributed by atoms with Crippen LogP contribution in [0.3, 0.4) is 0 Å². The van der Waals surface area contributed by atoms with Crippen LogP contribution in [0.2, 0.25) is 0 Å². The minimum absolute atomic E-state index is 0.0959. The largest absolute Gasteiger partial charge is 0.416 e. The molecule has 0 saturated carbocycles. The molecular formula is C12H11F3N4O. The van der Waals surface area contributed by atoms with Gasteiger partial charge in [-0.15, -0.1) is 0 Å². The smallest absolute Gasteiger partial charge is 0.394 e. The van der Waals surface area contributed by atoms with Crippen LogP contribution in [0.4, 0.5) is 24.7 Å². The number of alkyl halides is 3. The van der Waals surface area contributed by atoms with Gasteiger partial charge in [0.2, 0.25) is 0 Å². The van der Waals surface area contributed by atoms with Gasteiger partial charge in [-0.2, -0.15) is 18.3 Å². The standard InChI is InChI=1S/C12H11F3N4O/c1-19-10(9(16)6-17-19)18-11(20)7-2-4-8(5-3-7)12(13,14)15/h2-6H,16H2,1H3,(H,18,20). The molecule has 1 heterocycles. The molecule has 2 aromatic rings. The van der Waals surface area contributed by atoms with E-state index in [1.54, 1.807) is 7.05 Å². The van der Waals surface area contributed by atoms with Crippen molar-refractivity contribution in [2.24, 2.45) is 7.05 Å². The summed E-state index contributed by atoms with van der Waals surface area (Å²) in [7, 11) is 1.58. The van der Waals surface area contributed by atoms with Crippen LogP contribution in [0.15, 0.2) is 30.5 Å². The van der Waals surface area contributed by atoms with Gasteiger partial charge in [0.05, 0.1) is 17.4 Å². The zero-order valence-corrected chi connectivity index (χ0v) is 10.4. The number of nitrogens with two attached hydrogens (primary N) is 1. The summed E-state index contributed by atoms with van der Waals surface area (Å²) in [6.07, 6.45) is -3.07. The maximum Gasteiger partial charge on any atom is 0.416 e. The molecule has 0 fully saturated rings. The summed E-state index contributed by atoms with van der Waals surface area (Å²) in [5, 5.41) is 6.33. The Balaban J connectivity index is 2.18. The topological polar surface area (TPSA) is 72.9 Å². The highest BCUT2D eigenvalue weighted by molar-refractivity contribution is 6.05. The summed E-state index contributed by atoms with van der Waals surface area (Å²) < 4.78 is 38.6. The summed E-state index contributed by atoms with van der Waals surface area (Å²) in [5.41, 5.74) is 5.16. The molecule has 106 valence electrons. The lowest BCUT2D eigenvalue weighted by Crippen LogP contribution is -2.16. The molecular weight excluding hydrogens is 273 g/mol. The molecule has 2 rings (SSSR count). The molecule has 0 saturated heterocycles. The Kier molecular flexibility index (Phi) is 3.39. The fraction of sp³-hybridized carbons (Fsp3) is 0.167. The Morgan fingerprint density at radius 1 is 1.30 bits per heavy atom. The van der Waals surface area contributed by atoms with Crippen molar-refractivity contribution in [3.8, 4) is 0 Å². The average Bonchev–Trinajstić information content (AvgIpc) is 2.69. The second-order valence-electron chi connectivity index (χ2n) is 4.10. The first-order valence-electron chi connectivity index (χ1n) is 5.55. The lowest BCUT2D eigenvalue weighted by molar-refractivity contribution is -0.137. The number of aryl methyl sites for hydroxylation is 1. The number of hydrogen-bond donors (Lipinski definition) is 2. The molecule has 20 heavy (non-hydrogen) atoms. The molecule has 3 N–H and O–H groups in total. The predicted molar refractivity (Wildman–Crippen MR) is 67.0 cm³/mol. The van der Waals surface area contributed by atoms with E-state index < -0.39 is 17.6 Å². The number of nitrogens with zero attached hydrogens (tertiary/aromatic N) is 2. The van der Waals surface area contributed by atoms with Crippen molar-refractivity contribution in [1.82, 2.24) is 9.78 Å². The Hall–Kier alpha value is -2.51. The first-order valence-corrected chi connectivity index (χ1v) is 5.55. The summed E-state index contributed by atoms with van der Waals surface area (Å²) in [6.45, 7) is 0. The number of nitrogen functional groups attached to an aromatic ring is 1. The second kappa shape index (κ2) is 4.87. The molecule has 8 heteroatoms. The molecule has 5 nitrogen and oxygen atoms in total. The number of anilines is 2. The zero-order valence-electron chi connectivity index (χ0n) is 10.4. The Morgan fingerprint density at radius 3 is 2.35 bits per heavy atom. The number of nitrogens with one attached hydrogen (secondary N) is 1. The minimum Gasteiger partial charge on any atom is -0.394 e. The molecule has 1 aromatic heterocycles. The summed E-state index contributed by atoms with van der Waals surface area (Å²) in [6, 6.07) is 3.90. The van der Waals surface area contributed by atoms with Gasteiger partial charge in [-0.05, 0) is 24.3 Å². The van der Waals surface area contributed by atoms with E-state index in [0.717, 1.165) is 24.3 Å². The monoisotopic (exact) mass is 284 g/mol. The molecule has 1 amide bonds. The lowest BCUT2D eigenvalue weighted by Gasteiger charge is -2.09. The van der Waals surface area contributed by atoms with Crippen molar-refractivity contribution in [1.29, 1.82) is 0 Å². The number of amides is 1. The highest BCUT2D eigenvalue weighted by Crippen LogP contribution is 2.29. The van der Waals surface area contributed by atoms with Gasteiger partial charge in [0.15, 0.2) is 5.82 Å². The summed E-state index contributed by atoms with van der Waals surface area (Å²) >= 11 is 0. The number of carbonyl (C=O) groups excluding carboxylic acids is 1. The normalized spacial score (nSPS) is 11.4. The third-order valence-electron chi connectivity index (χ3n) is 2.67. The van der Waals surface area contributed by atoms with E-state index in [2.05, 4.69) is 10.4 Å². The number of halogens is 3. The number of carbonyl (C=O) groups is 1. The fourth-order valence-corrected chi connectivity index (χ4v) is 1.60. The molecule has 0 bridgehead atoms. The Bertz CT molecular complexity index is 612. The first kappa shape index (κ1) is 13.9. The van der Waals surface area contributed by atoms with Gasteiger partial charge in [0.1, 0.15) is 0 Å². The van der Waals surface area contributed by atoms with E-state index in [9.17, 15) is 18.0 Å². The van der Waals surface area contributed by atoms with E-state index in [-0.39, 0.29) is 17.1 Å². The molecule has 0 atom stereocenters. The number of hydrogen-bond acceptors (Lipinski definition) is 3. The maximum atomic E-state index is 12.4. The Labute approximate surface area is 112 Å². The third-order valence-corrected chi connectivity index (χ3v) is 2.67. The van der Waals surface area contributed by atoms with Crippen LogP contribution in [0.1, 0.15) is 15.9 Å². The van der Waals surface area contributed by atoms with Crippen molar-refractivity contribution in [2.45, 2.75) is 6.18 Å². The summed E-state index contributed by atoms with van der Waals surface area (Å²) in [5.74, 6) is -0.274. The lowest BCUT2D eigenvalue weighted by atomic mass is 10.1. The van der Waals surface area contributed by atoms with Gasteiger partial charge in [-0.25, -0.2) is 0 Å². The molecule has 1 aromatic carbocycles. The van der Waals surface area contributed by atoms with Gasteiger partial charge >= 0.3 is 6.18 Å². The highest BCUT2D eigenvalue weighted by atomic mass is 19.4. The van der Waals surface area contributed by atoms with E-state index in [1.165, 1.54) is 10.9 Å². The quantitative estimate of drug-likeness (QED) is 0.888. The van der Waals surface area contributed by atoms with E-state index in [1.807, 2.05) is 0 Å². The molecule has 0 aliphatic heterocycles. The van der Waals surface area contributed by atoms with Gasteiger partial charge in [0, 0.05) is 12.6 Å². The molecule has 0 spiro atoms. The van der Waals surface area contributed by atoms with Crippen LogP contribution in [0, 0.1) is 0 Å². The van der Waals surface area contributed by atoms with Crippen LogP contribution in [-0.2, 0) is 13.2 Å². The number of aromatic nitrogens is 2. The predicted octanol–water partition coefficient (Wildman–Crippen LogP) is 2.27. The number of rotatable bonds is 2. The average molecular weight is 284 g/mol. The van der Waals surface area contributed by atoms with Crippen LogP contribution in [0.25, 0.3) is 0 Å².